The average molecular weight is 373 g/mol. The Bertz CT molecular complexity index is 608. The summed E-state index contributed by atoms with van der Waals surface area (Å²) in [6.45, 7) is 5.81. The topological polar surface area (TPSA) is 73.5 Å². The Morgan fingerprint density at radius 3 is 2.59 bits per heavy atom. The molecular formula is C21H32N4O2. The molecule has 2 fully saturated rings. The lowest BCUT2D eigenvalue weighted by atomic mass is 9.85. The van der Waals surface area contributed by atoms with Gasteiger partial charge in [0, 0.05) is 31.2 Å². The largest absolute Gasteiger partial charge is 0.343 e. The highest BCUT2D eigenvalue weighted by Gasteiger charge is 2.27. The highest BCUT2D eigenvalue weighted by molar-refractivity contribution is 5.89. The number of anilines is 1. The van der Waals surface area contributed by atoms with Crippen LogP contribution in [0.1, 0.15) is 39.0 Å². The van der Waals surface area contributed by atoms with Gasteiger partial charge in [0.25, 0.3) is 0 Å². The standard InChI is InChI=1S/C21H32N4O2/c1-16(17-6-5-11-22-15-17)14-20(26)25-12-9-19(10-13-25)24-21(27)23-18-7-3-2-4-8-18/h2-4,7-8,16-17,19,22H,5-6,9-15H2,1H3,(H2,23,24,27). The number of urea groups is 1. The predicted octanol–water partition coefficient (Wildman–Crippen LogP) is 2.82. The molecule has 0 radical (unpaired) electrons. The van der Waals surface area contributed by atoms with Crippen LogP contribution in [-0.4, -0.2) is 49.1 Å². The number of carbonyl (C=O) groups excluding carboxylic acids is 2. The lowest BCUT2D eigenvalue weighted by molar-refractivity contribution is -0.133. The SMILES string of the molecule is CC(CC(=O)N1CCC(NC(=O)Nc2ccccc2)CC1)C1CCCNC1. The van der Waals surface area contributed by atoms with E-state index in [0.717, 1.165) is 44.7 Å². The van der Waals surface area contributed by atoms with Crippen LogP contribution in [0.5, 0.6) is 0 Å². The predicted molar refractivity (Wildman–Crippen MR) is 108 cm³/mol. The van der Waals surface area contributed by atoms with E-state index in [0.29, 0.717) is 18.3 Å². The van der Waals surface area contributed by atoms with E-state index in [2.05, 4.69) is 22.9 Å². The molecule has 148 valence electrons. The van der Waals surface area contributed by atoms with Gasteiger partial charge in [-0.1, -0.05) is 25.1 Å². The molecule has 0 saturated carbocycles. The van der Waals surface area contributed by atoms with Crippen molar-refractivity contribution in [3.63, 3.8) is 0 Å². The van der Waals surface area contributed by atoms with Gasteiger partial charge in [-0.2, -0.15) is 0 Å². The molecule has 2 aliphatic heterocycles. The molecule has 1 aromatic rings. The van der Waals surface area contributed by atoms with E-state index >= 15 is 0 Å². The minimum absolute atomic E-state index is 0.123. The van der Waals surface area contributed by atoms with Gasteiger partial charge in [0.2, 0.25) is 5.91 Å². The lowest BCUT2D eigenvalue weighted by Gasteiger charge is -2.34. The summed E-state index contributed by atoms with van der Waals surface area (Å²) in [4.78, 5) is 26.7. The van der Waals surface area contributed by atoms with Gasteiger partial charge in [0.15, 0.2) is 0 Å². The first kappa shape index (κ1) is 19.7. The molecular weight excluding hydrogens is 340 g/mol. The van der Waals surface area contributed by atoms with Crippen LogP contribution in [-0.2, 0) is 4.79 Å². The van der Waals surface area contributed by atoms with Gasteiger partial charge in [-0.15, -0.1) is 0 Å². The third kappa shape index (κ3) is 5.96. The monoisotopic (exact) mass is 372 g/mol. The Morgan fingerprint density at radius 2 is 1.93 bits per heavy atom. The summed E-state index contributed by atoms with van der Waals surface area (Å²) in [6.07, 6.45) is 4.70. The summed E-state index contributed by atoms with van der Waals surface area (Å²) in [5, 5.41) is 9.31. The minimum Gasteiger partial charge on any atom is -0.343 e. The van der Waals surface area contributed by atoms with Crippen molar-refractivity contribution in [2.24, 2.45) is 11.8 Å². The first-order valence-corrected chi connectivity index (χ1v) is 10.2. The molecule has 3 N–H and O–H groups in total. The number of carbonyl (C=O) groups is 2. The minimum atomic E-state index is -0.176. The second-order valence-electron chi connectivity index (χ2n) is 7.91. The number of piperidine rings is 2. The number of benzene rings is 1. The van der Waals surface area contributed by atoms with Crippen molar-refractivity contribution in [3.05, 3.63) is 30.3 Å². The summed E-state index contributed by atoms with van der Waals surface area (Å²) in [5.74, 6) is 1.31. The third-order valence-corrected chi connectivity index (χ3v) is 5.85. The van der Waals surface area contributed by atoms with E-state index in [4.69, 9.17) is 0 Å². The molecule has 2 aliphatic rings. The van der Waals surface area contributed by atoms with Crippen molar-refractivity contribution in [1.82, 2.24) is 15.5 Å². The van der Waals surface area contributed by atoms with Crippen LogP contribution in [0.4, 0.5) is 10.5 Å². The zero-order chi connectivity index (χ0) is 19.1. The van der Waals surface area contributed by atoms with Gasteiger partial charge in [0.05, 0.1) is 0 Å². The molecule has 3 rings (SSSR count). The van der Waals surface area contributed by atoms with Gasteiger partial charge in [-0.3, -0.25) is 4.79 Å². The molecule has 0 aliphatic carbocycles. The number of nitrogens with zero attached hydrogens (tertiary/aromatic N) is 1. The van der Waals surface area contributed by atoms with Crippen molar-refractivity contribution < 1.29 is 9.59 Å². The van der Waals surface area contributed by atoms with Crippen molar-refractivity contribution in [2.75, 3.05) is 31.5 Å². The molecule has 2 unspecified atom stereocenters. The molecule has 0 bridgehead atoms. The molecule has 2 saturated heterocycles. The smallest absolute Gasteiger partial charge is 0.319 e. The summed E-state index contributed by atoms with van der Waals surface area (Å²) >= 11 is 0. The molecule has 2 atom stereocenters. The van der Waals surface area contributed by atoms with Gasteiger partial charge in [-0.05, 0) is 62.7 Å². The summed E-state index contributed by atoms with van der Waals surface area (Å²) in [7, 11) is 0. The fourth-order valence-corrected chi connectivity index (χ4v) is 4.08. The molecule has 27 heavy (non-hydrogen) atoms. The first-order chi connectivity index (χ1) is 13.1. The second kappa shape index (κ2) is 9.74. The lowest BCUT2D eigenvalue weighted by Crippen LogP contribution is -2.48. The molecule has 2 heterocycles. The Balaban J connectivity index is 1.37. The van der Waals surface area contributed by atoms with Gasteiger partial charge in [0.1, 0.15) is 0 Å². The van der Waals surface area contributed by atoms with Crippen LogP contribution in [0.15, 0.2) is 30.3 Å². The maximum absolute atomic E-state index is 12.6. The summed E-state index contributed by atoms with van der Waals surface area (Å²) < 4.78 is 0. The number of likely N-dealkylation sites (tertiary alicyclic amines) is 1. The van der Waals surface area contributed by atoms with E-state index < -0.39 is 0 Å². The zero-order valence-electron chi connectivity index (χ0n) is 16.2. The van der Waals surface area contributed by atoms with Crippen LogP contribution in [0.2, 0.25) is 0 Å². The number of para-hydroxylation sites is 1. The molecule has 6 nitrogen and oxygen atoms in total. The quantitative estimate of drug-likeness (QED) is 0.744. The Morgan fingerprint density at radius 1 is 1.19 bits per heavy atom. The first-order valence-electron chi connectivity index (χ1n) is 10.2. The van der Waals surface area contributed by atoms with Crippen LogP contribution in [0, 0.1) is 11.8 Å². The van der Waals surface area contributed by atoms with Crippen molar-refractivity contribution in [1.29, 1.82) is 0 Å². The molecule has 6 heteroatoms. The normalized spacial score (nSPS) is 22.1. The van der Waals surface area contributed by atoms with Crippen LogP contribution in [0.3, 0.4) is 0 Å². The van der Waals surface area contributed by atoms with Gasteiger partial charge < -0.3 is 20.9 Å². The summed E-state index contributed by atoms with van der Waals surface area (Å²) in [6, 6.07) is 9.38. The fraction of sp³-hybridized carbons (Fsp3) is 0.619. The number of rotatable bonds is 5. The second-order valence-corrected chi connectivity index (χ2v) is 7.91. The Kier molecular flexibility index (Phi) is 7.10. The number of hydrogen-bond acceptors (Lipinski definition) is 3. The van der Waals surface area contributed by atoms with Crippen molar-refractivity contribution >= 4 is 17.6 Å². The number of nitrogens with one attached hydrogen (secondary N) is 3. The van der Waals surface area contributed by atoms with Crippen LogP contribution < -0.4 is 16.0 Å². The van der Waals surface area contributed by atoms with Crippen molar-refractivity contribution in [2.45, 2.75) is 45.1 Å². The number of hydrogen-bond donors (Lipinski definition) is 3. The van der Waals surface area contributed by atoms with E-state index in [-0.39, 0.29) is 18.0 Å². The highest BCUT2D eigenvalue weighted by atomic mass is 16.2. The summed E-state index contributed by atoms with van der Waals surface area (Å²) in [5.41, 5.74) is 0.786. The van der Waals surface area contributed by atoms with E-state index in [1.165, 1.54) is 12.8 Å². The van der Waals surface area contributed by atoms with Gasteiger partial charge in [-0.25, -0.2) is 4.79 Å². The number of amides is 3. The van der Waals surface area contributed by atoms with Crippen molar-refractivity contribution in [3.8, 4) is 0 Å². The average Bonchev–Trinajstić information content (AvgIpc) is 2.70. The van der Waals surface area contributed by atoms with Crippen LogP contribution >= 0.6 is 0 Å². The van der Waals surface area contributed by atoms with Crippen LogP contribution in [0.25, 0.3) is 0 Å². The maximum Gasteiger partial charge on any atom is 0.319 e. The van der Waals surface area contributed by atoms with Gasteiger partial charge >= 0.3 is 6.03 Å². The Labute approximate surface area is 162 Å². The zero-order valence-corrected chi connectivity index (χ0v) is 16.2. The van der Waals surface area contributed by atoms with E-state index in [1.807, 2.05) is 35.2 Å². The Hall–Kier alpha value is -2.08. The van der Waals surface area contributed by atoms with E-state index in [9.17, 15) is 9.59 Å². The molecule has 3 amide bonds. The molecule has 0 aromatic heterocycles. The molecule has 1 aromatic carbocycles. The maximum atomic E-state index is 12.6. The third-order valence-electron chi connectivity index (χ3n) is 5.85. The van der Waals surface area contributed by atoms with E-state index in [1.54, 1.807) is 0 Å². The highest BCUT2D eigenvalue weighted by Crippen LogP contribution is 2.24. The molecule has 0 spiro atoms. The fourth-order valence-electron chi connectivity index (χ4n) is 4.08.